The molecule has 0 bridgehead atoms. The number of rotatable bonds is 6. The van der Waals surface area contributed by atoms with Crippen molar-refractivity contribution < 1.29 is 19.0 Å². The SMILES string of the molecule is CN=C(NCC(C)Oc1ccccc1OC)N1CCN(C(=O)C2CCCO2)CC1. The summed E-state index contributed by atoms with van der Waals surface area (Å²) < 4.78 is 16.9. The highest BCUT2D eigenvalue weighted by Crippen LogP contribution is 2.26. The van der Waals surface area contributed by atoms with Gasteiger partial charge in [0.05, 0.1) is 13.7 Å². The summed E-state index contributed by atoms with van der Waals surface area (Å²) in [6.45, 7) is 6.19. The number of para-hydroxylation sites is 2. The second-order valence-electron chi connectivity index (χ2n) is 7.32. The highest BCUT2D eigenvalue weighted by Gasteiger charge is 2.30. The second kappa shape index (κ2) is 10.3. The molecule has 1 amide bonds. The third-order valence-corrected chi connectivity index (χ3v) is 5.25. The molecule has 2 fully saturated rings. The molecular weight excluding hydrogens is 372 g/mol. The van der Waals surface area contributed by atoms with E-state index < -0.39 is 0 Å². The molecule has 2 aliphatic rings. The van der Waals surface area contributed by atoms with Crippen LogP contribution in [-0.2, 0) is 9.53 Å². The molecule has 0 saturated carbocycles. The number of amides is 1. The average Bonchev–Trinajstić information content (AvgIpc) is 3.29. The van der Waals surface area contributed by atoms with E-state index in [1.807, 2.05) is 36.1 Å². The number of hydrogen-bond donors (Lipinski definition) is 1. The maximum absolute atomic E-state index is 12.5. The molecule has 0 aliphatic carbocycles. The Morgan fingerprint density at radius 1 is 1.24 bits per heavy atom. The van der Waals surface area contributed by atoms with Crippen molar-refractivity contribution in [3.63, 3.8) is 0 Å². The van der Waals surface area contributed by atoms with Gasteiger partial charge in [-0.2, -0.15) is 0 Å². The largest absolute Gasteiger partial charge is 0.493 e. The molecule has 8 heteroatoms. The maximum atomic E-state index is 12.5. The van der Waals surface area contributed by atoms with Gasteiger partial charge in [0.1, 0.15) is 12.2 Å². The smallest absolute Gasteiger partial charge is 0.251 e. The molecular formula is C21H32N4O4. The summed E-state index contributed by atoms with van der Waals surface area (Å²) in [6.07, 6.45) is 1.51. The highest BCUT2D eigenvalue weighted by molar-refractivity contribution is 5.82. The lowest BCUT2D eigenvalue weighted by Crippen LogP contribution is -2.55. The van der Waals surface area contributed by atoms with Crippen molar-refractivity contribution in [1.82, 2.24) is 15.1 Å². The van der Waals surface area contributed by atoms with Gasteiger partial charge in [0.25, 0.3) is 5.91 Å². The number of aliphatic imine (C=N–C) groups is 1. The van der Waals surface area contributed by atoms with Gasteiger partial charge in [-0.05, 0) is 31.9 Å². The first-order valence-electron chi connectivity index (χ1n) is 10.3. The van der Waals surface area contributed by atoms with Gasteiger partial charge in [0.15, 0.2) is 17.5 Å². The van der Waals surface area contributed by atoms with E-state index in [4.69, 9.17) is 14.2 Å². The lowest BCUT2D eigenvalue weighted by Gasteiger charge is -2.37. The summed E-state index contributed by atoms with van der Waals surface area (Å²) in [7, 11) is 3.41. The van der Waals surface area contributed by atoms with E-state index in [0.717, 1.165) is 43.4 Å². The first-order chi connectivity index (χ1) is 14.1. The molecule has 2 saturated heterocycles. The molecule has 2 aliphatic heterocycles. The Labute approximate surface area is 172 Å². The minimum atomic E-state index is -0.244. The normalized spacial score (nSPS) is 21.1. The van der Waals surface area contributed by atoms with E-state index in [9.17, 15) is 4.79 Å². The Morgan fingerprint density at radius 2 is 1.93 bits per heavy atom. The van der Waals surface area contributed by atoms with Gasteiger partial charge in [-0.3, -0.25) is 9.79 Å². The van der Waals surface area contributed by atoms with Crippen molar-refractivity contribution >= 4 is 11.9 Å². The quantitative estimate of drug-likeness (QED) is 0.570. The lowest BCUT2D eigenvalue weighted by atomic mass is 10.2. The monoisotopic (exact) mass is 404 g/mol. The summed E-state index contributed by atoms with van der Waals surface area (Å²) in [5.41, 5.74) is 0. The minimum absolute atomic E-state index is 0.0644. The summed E-state index contributed by atoms with van der Waals surface area (Å²) in [5, 5.41) is 3.38. The van der Waals surface area contributed by atoms with Gasteiger partial charge in [-0.15, -0.1) is 0 Å². The van der Waals surface area contributed by atoms with E-state index in [0.29, 0.717) is 26.2 Å². The summed E-state index contributed by atoms with van der Waals surface area (Å²) in [5.74, 6) is 2.39. The van der Waals surface area contributed by atoms with Gasteiger partial charge in [0, 0.05) is 39.8 Å². The molecule has 0 aromatic heterocycles. The van der Waals surface area contributed by atoms with E-state index in [2.05, 4.69) is 15.2 Å². The first-order valence-corrected chi connectivity index (χ1v) is 10.3. The van der Waals surface area contributed by atoms with Crippen molar-refractivity contribution in [3.8, 4) is 11.5 Å². The van der Waals surface area contributed by atoms with Crippen molar-refractivity contribution in [1.29, 1.82) is 0 Å². The third-order valence-electron chi connectivity index (χ3n) is 5.25. The van der Waals surface area contributed by atoms with Crippen LogP contribution in [0.1, 0.15) is 19.8 Å². The summed E-state index contributed by atoms with van der Waals surface area (Å²) in [4.78, 5) is 21.0. The lowest BCUT2D eigenvalue weighted by molar-refractivity contribution is -0.142. The van der Waals surface area contributed by atoms with Crippen LogP contribution in [0.3, 0.4) is 0 Å². The summed E-state index contributed by atoms with van der Waals surface area (Å²) in [6, 6.07) is 7.62. The number of hydrogen-bond acceptors (Lipinski definition) is 5. The van der Waals surface area contributed by atoms with E-state index in [1.54, 1.807) is 14.2 Å². The van der Waals surface area contributed by atoms with Crippen LogP contribution in [-0.4, -0.2) is 87.4 Å². The van der Waals surface area contributed by atoms with Crippen LogP contribution in [0.5, 0.6) is 11.5 Å². The van der Waals surface area contributed by atoms with Crippen LogP contribution in [0.2, 0.25) is 0 Å². The van der Waals surface area contributed by atoms with Crippen LogP contribution < -0.4 is 14.8 Å². The molecule has 2 heterocycles. The average molecular weight is 405 g/mol. The van der Waals surface area contributed by atoms with E-state index in [-0.39, 0.29) is 18.1 Å². The predicted octanol–water partition coefficient (Wildman–Crippen LogP) is 1.36. The number of guanidine groups is 1. The molecule has 2 unspecified atom stereocenters. The van der Waals surface area contributed by atoms with Gasteiger partial charge in [-0.25, -0.2) is 0 Å². The van der Waals surface area contributed by atoms with Crippen molar-refractivity contribution in [2.45, 2.75) is 32.0 Å². The van der Waals surface area contributed by atoms with Crippen LogP contribution >= 0.6 is 0 Å². The fourth-order valence-electron chi connectivity index (χ4n) is 3.66. The molecule has 1 aromatic rings. The molecule has 160 valence electrons. The fraction of sp³-hybridized carbons (Fsp3) is 0.619. The molecule has 3 rings (SSSR count). The number of methoxy groups -OCH3 is 1. The zero-order valence-electron chi connectivity index (χ0n) is 17.6. The Balaban J connectivity index is 1.45. The van der Waals surface area contributed by atoms with Gasteiger partial charge >= 0.3 is 0 Å². The minimum Gasteiger partial charge on any atom is -0.493 e. The Morgan fingerprint density at radius 3 is 2.55 bits per heavy atom. The molecule has 0 spiro atoms. The summed E-state index contributed by atoms with van der Waals surface area (Å²) >= 11 is 0. The standard InChI is InChI=1S/C21H32N4O4/c1-16(29-18-8-5-4-7-17(18)27-3)15-23-21(22-2)25-12-10-24(11-13-25)20(26)19-9-6-14-28-19/h4-5,7-8,16,19H,6,9-15H2,1-3H3,(H,22,23). The third kappa shape index (κ3) is 5.53. The topological polar surface area (TPSA) is 75.6 Å². The number of ether oxygens (including phenoxy) is 3. The first kappa shape index (κ1) is 21.2. The molecule has 1 N–H and O–H groups in total. The van der Waals surface area contributed by atoms with Crippen LogP contribution in [0.25, 0.3) is 0 Å². The zero-order chi connectivity index (χ0) is 20.6. The van der Waals surface area contributed by atoms with Gasteiger partial charge < -0.3 is 29.3 Å². The Bertz CT molecular complexity index is 698. The molecule has 8 nitrogen and oxygen atoms in total. The number of carbonyl (C=O) groups is 1. The molecule has 0 radical (unpaired) electrons. The highest BCUT2D eigenvalue weighted by atomic mass is 16.5. The van der Waals surface area contributed by atoms with Crippen LogP contribution in [0.15, 0.2) is 29.3 Å². The van der Waals surface area contributed by atoms with E-state index in [1.165, 1.54) is 0 Å². The number of nitrogens with one attached hydrogen (secondary N) is 1. The number of nitrogens with zero attached hydrogens (tertiary/aromatic N) is 3. The van der Waals surface area contributed by atoms with Crippen LogP contribution in [0.4, 0.5) is 0 Å². The number of benzene rings is 1. The maximum Gasteiger partial charge on any atom is 0.251 e. The van der Waals surface area contributed by atoms with Gasteiger partial charge in [0.2, 0.25) is 0 Å². The zero-order valence-corrected chi connectivity index (χ0v) is 17.6. The van der Waals surface area contributed by atoms with Crippen molar-refractivity contribution in [3.05, 3.63) is 24.3 Å². The fourth-order valence-corrected chi connectivity index (χ4v) is 3.66. The molecule has 1 aromatic carbocycles. The van der Waals surface area contributed by atoms with E-state index >= 15 is 0 Å². The van der Waals surface area contributed by atoms with Crippen LogP contribution in [0, 0.1) is 0 Å². The second-order valence-corrected chi connectivity index (χ2v) is 7.32. The number of piperazine rings is 1. The Hall–Kier alpha value is -2.48. The molecule has 29 heavy (non-hydrogen) atoms. The van der Waals surface area contributed by atoms with Gasteiger partial charge in [-0.1, -0.05) is 12.1 Å². The predicted molar refractivity (Wildman–Crippen MR) is 112 cm³/mol. The molecule has 2 atom stereocenters. The van der Waals surface area contributed by atoms with Crippen molar-refractivity contribution in [2.24, 2.45) is 4.99 Å². The Kier molecular flexibility index (Phi) is 7.57. The van der Waals surface area contributed by atoms with Crippen molar-refractivity contribution in [2.75, 3.05) is 53.5 Å². The number of carbonyl (C=O) groups excluding carboxylic acids is 1.